The van der Waals surface area contributed by atoms with E-state index >= 15 is 0 Å². The summed E-state index contributed by atoms with van der Waals surface area (Å²) >= 11 is 0. The Balaban J connectivity index is 1.86. The molecular weight excluding hydrogens is 342 g/mol. The van der Waals surface area contributed by atoms with Crippen LogP contribution in [0.15, 0.2) is 24.8 Å². The Morgan fingerprint density at radius 2 is 1.85 bits per heavy atom. The van der Waals surface area contributed by atoms with Crippen LogP contribution in [0.3, 0.4) is 0 Å². The molecule has 1 fully saturated rings. The Hall–Kier alpha value is -2.97. The molecule has 0 unspecified atom stereocenters. The molecule has 9 nitrogen and oxygen atoms in total. The highest BCUT2D eigenvalue weighted by Gasteiger charge is 2.50. The zero-order valence-electron chi connectivity index (χ0n) is 14.4. The maximum Gasteiger partial charge on any atom is 0.329 e. The number of rotatable bonds is 6. The van der Waals surface area contributed by atoms with Crippen molar-refractivity contribution in [3.05, 3.63) is 24.8 Å². The van der Waals surface area contributed by atoms with Crippen molar-refractivity contribution in [3.8, 4) is 0 Å². The van der Waals surface area contributed by atoms with Crippen LogP contribution in [0.5, 0.6) is 0 Å². The summed E-state index contributed by atoms with van der Waals surface area (Å²) in [6.45, 7) is 4.25. The van der Waals surface area contributed by atoms with Crippen molar-refractivity contribution >= 4 is 29.7 Å². The van der Waals surface area contributed by atoms with E-state index < -0.39 is 54.2 Å². The van der Waals surface area contributed by atoms with Gasteiger partial charge in [0.1, 0.15) is 6.04 Å². The first-order valence-electron chi connectivity index (χ1n) is 8.24. The lowest BCUT2D eigenvalue weighted by Gasteiger charge is -2.21. The summed E-state index contributed by atoms with van der Waals surface area (Å²) in [5.74, 6) is -3.41. The van der Waals surface area contributed by atoms with E-state index in [1.807, 2.05) is 17.5 Å². The maximum atomic E-state index is 12.4. The van der Waals surface area contributed by atoms with Gasteiger partial charge in [0, 0.05) is 6.54 Å². The number of carbonyl (C=O) groups is 5. The fourth-order valence-corrected chi connectivity index (χ4v) is 2.94. The molecule has 1 saturated heterocycles. The quantitative estimate of drug-likeness (QED) is 0.385. The van der Waals surface area contributed by atoms with Crippen LogP contribution >= 0.6 is 0 Å². The second-order valence-electron chi connectivity index (χ2n) is 6.03. The molecule has 0 aromatic heterocycles. The van der Waals surface area contributed by atoms with Crippen molar-refractivity contribution < 1.29 is 28.7 Å². The number of amides is 5. The first-order valence-corrected chi connectivity index (χ1v) is 8.24. The minimum atomic E-state index is -1.14. The van der Waals surface area contributed by atoms with E-state index in [9.17, 15) is 24.0 Å². The molecule has 0 spiro atoms. The van der Waals surface area contributed by atoms with E-state index in [2.05, 4.69) is 11.9 Å². The molecule has 140 valence electrons. The van der Waals surface area contributed by atoms with Crippen molar-refractivity contribution in [1.29, 1.82) is 0 Å². The Labute approximate surface area is 150 Å². The van der Waals surface area contributed by atoms with E-state index in [1.165, 1.54) is 13.0 Å². The minimum absolute atomic E-state index is 0.173. The molecule has 0 radical (unpaired) electrons. The number of carbonyl (C=O) groups excluding carboxylic acids is 5. The molecule has 3 atom stereocenters. The Morgan fingerprint density at radius 1 is 1.27 bits per heavy atom. The first kappa shape index (κ1) is 19.4. The largest absolute Gasteiger partial charge is 0.454 e. The smallest absolute Gasteiger partial charge is 0.329 e. The molecule has 2 N–H and O–H groups in total. The SMILES string of the molecule is C=CCNC(=O)NC(=O)COC(=O)[C@H](C)N1C(=O)[C@H]2CC=CC[C@@H]2C1=O. The fourth-order valence-electron chi connectivity index (χ4n) is 2.94. The third-order valence-electron chi connectivity index (χ3n) is 4.28. The number of nitrogens with zero attached hydrogens (tertiary/aromatic N) is 1. The average molecular weight is 363 g/mol. The Kier molecular flexibility index (Phi) is 6.26. The number of hydrogen-bond donors (Lipinski definition) is 2. The van der Waals surface area contributed by atoms with Crippen molar-refractivity contribution in [2.24, 2.45) is 11.8 Å². The first-order chi connectivity index (χ1) is 12.4. The lowest BCUT2D eigenvalue weighted by molar-refractivity contribution is -0.159. The zero-order valence-corrected chi connectivity index (χ0v) is 14.4. The van der Waals surface area contributed by atoms with Gasteiger partial charge in [-0.3, -0.25) is 24.6 Å². The topological polar surface area (TPSA) is 122 Å². The predicted octanol–water partition coefficient (Wildman–Crippen LogP) is -0.119. The van der Waals surface area contributed by atoms with Crippen LogP contribution in [0.4, 0.5) is 4.79 Å². The summed E-state index contributed by atoms with van der Waals surface area (Å²) in [5.41, 5.74) is 0. The van der Waals surface area contributed by atoms with Gasteiger partial charge in [0.25, 0.3) is 5.91 Å². The number of esters is 1. The molecule has 0 bridgehead atoms. The molecule has 0 aromatic carbocycles. The second-order valence-corrected chi connectivity index (χ2v) is 6.03. The number of ether oxygens (including phenoxy) is 1. The van der Waals surface area contributed by atoms with E-state index in [4.69, 9.17) is 4.74 Å². The summed E-state index contributed by atoms with van der Waals surface area (Å²) < 4.78 is 4.82. The van der Waals surface area contributed by atoms with Gasteiger partial charge < -0.3 is 10.1 Å². The molecule has 1 aliphatic carbocycles. The number of hydrogen-bond acceptors (Lipinski definition) is 6. The molecule has 2 rings (SSSR count). The van der Waals surface area contributed by atoms with Crippen LogP contribution in [0, 0.1) is 11.8 Å². The number of imide groups is 2. The highest BCUT2D eigenvalue weighted by atomic mass is 16.5. The molecule has 5 amide bonds. The Bertz CT molecular complexity index is 645. The van der Waals surface area contributed by atoms with Crippen molar-refractivity contribution in [2.45, 2.75) is 25.8 Å². The third kappa shape index (κ3) is 4.16. The van der Waals surface area contributed by atoms with Gasteiger partial charge in [-0.25, -0.2) is 9.59 Å². The second kappa shape index (κ2) is 8.41. The lowest BCUT2D eigenvalue weighted by atomic mass is 9.85. The zero-order chi connectivity index (χ0) is 19.3. The average Bonchev–Trinajstić information content (AvgIpc) is 2.88. The molecule has 9 heteroatoms. The fraction of sp³-hybridized carbons (Fsp3) is 0.471. The highest BCUT2D eigenvalue weighted by Crippen LogP contribution is 2.36. The minimum Gasteiger partial charge on any atom is -0.454 e. The monoisotopic (exact) mass is 363 g/mol. The van der Waals surface area contributed by atoms with E-state index in [0.717, 1.165) is 4.90 Å². The number of likely N-dealkylation sites (tertiary alicyclic amines) is 1. The summed E-state index contributed by atoms with van der Waals surface area (Å²) in [4.78, 5) is 60.7. The molecule has 0 saturated carbocycles. The van der Waals surface area contributed by atoms with Gasteiger partial charge in [-0.15, -0.1) is 6.58 Å². The lowest BCUT2D eigenvalue weighted by Crippen LogP contribution is -2.46. The summed E-state index contributed by atoms with van der Waals surface area (Å²) in [6.07, 6.45) is 6.07. The van der Waals surface area contributed by atoms with Crippen molar-refractivity contribution in [2.75, 3.05) is 13.2 Å². The van der Waals surface area contributed by atoms with Gasteiger partial charge in [0.2, 0.25) is 11.8 Å². The standard InChI is InChI=1S/C17H21N3O6/c1-3-8-18-17(25)19-13(21)9-26-16(24)10(2)20-14(22)11-6-4-5-7-12(11)15(20)23/h3-5,10-12H,1,6-9H2,2H3,(H2,18,19,21,25)/t10-,11-,12-/m0/s1. The van der Waals surface area contributed by atoms with Gasteiger partial charge in [0.05, 0.1) is 11.8 Å². The maximum absolute atomic E-state index is 12.4. The number of fused-ring (bicyclic) bond motifs is 1. The molecule has 0 aromatic rings. The van der Waals surface area contributed by atoms with Gasteiger partial charge in [-0.1, -0.05) is 18.2 Å². The van der Waals surface area contributed by atoms with Crippen molar-refractivity contribution in [3.63, 3.8) is 0 Å². The molecule has 26 heavy (non-hydrogen) atoms. The third-order valence-corrected chi connectivity index (χ3v) is 4.28. The van der Waals surface area contributed by atoms with Crippen LogP contribution < -0.4 is 10.6 Å². The van der Waals surface area contributed by atoms with E-state index in [1.54, 1.807) is 0 Å². The Morgan fingerprint density at radius 3 is 2.38 bits per heavy atom. The van der Waals surface area contributed by atoms with Crippen molar-refractivity contribution in [1.82, 2.24) is 15.5 Å². The van der Waals surface area contributed by atoms with Crippen LogP contribution in [-0.4, -0.2) is 53.8 Å². The molecule has 2 aliphatic rings. The van der Waals surface area contributed by atoms with Crippen LogP contribution in [-0.2, 0) is 23.9 Å². The highest BCUT2D eigenvalue weighted by molar-refractivity contribution is 6.08. The number of urea groups is 1. The normalized spacial score (nSPS) is 22.4. The van der Waals surface area contributed by atoms with Gasteiger partial charge in [-0.05, 0) is 19.8 Å². The van der Waals surface area contributed by atoms with Crippen LogP contribution in [0.1, 0.15) is 19.8 Å². The molecule has 1 aliphatic heterocycles. The van der Waals surface area contributed by atoms with Gasteiger partial charge in [0.15, 0.2) is 6.61 Å². The van der Waals surface area contributed by atoms with Crippen LogP contribution in [0.25, 0.3) is 0 Å². The summed E-state index contributed by atoms with van der Waals surface area (Å²) in [7, 11) is 0. The summed E-state index contributed by atoms with van der Waals surface area (Å²) in [6, 6.07) is -1.89. The number of nitrogens with one attached hydrogen (secondary N) is 2. The molecular formula is C17H21N3O6. The predicted molar refractivity (Wildman–Crippen MR) is 89.4 cm³/mol. The van der Waals surface area contributed by atoms with E-state index in [-0.39, 0.29) is 6.54 Å². The van der Waals surface area contributed by atoms with Gasteiger partial charge >= 0.3 is 12.0 Å². The van der Waals surface area contributed by atoms with Gasteiger partial charge in [-0.2, -0.15) is 0 Å². The van der Waals surface area contributed by atoms with E-state index in [0.29, 0.717) is 12.8 Å². The summed E-state index contributed by atoms with van der Waals surface area (Å²) in [5, 5.41) is 4.29. The number of allylic oxidation sites excluding steroid dienone is 2. The van der Waals surface area contributed by atoms with Crippen LogP contribution in [0.2, 0.25) is 0 Å². The molecule has 1 heterocycles.